The van der Waals surface area contributed by atoms with Gasteiger partial charge >= 0.3 is 5.97 Å². The number of nitrogens with zero attached hydrogens (tertiary/aromatic N) is 1. The number of aryl methyl sites for hydroxylation is 1. The zero-order valence-corrected chi connectivity index (χ0v) is 13.6. The molecular weight excluding hydrogens is 292 g/mol. The van der Waals surface area contributed by atoms with Crippen molar-refractivity contribution < 1.29 is 9.53 Å². The van der Waals surface area contributed by atoms with Crippen LogP contribution in [0.2, 0.25) is 0 Å². The fraction of sp³-hybridized carbons (Fsp3) is 0.278. The fourth-order valence-corrected chi connectivity index (χ4v) is 2.24. The minimum atomic E-state index is -0.620. The van der Waals surface area contributed by atoms with Crippen molar-refractivity contribution in [3.8, 4) is 0 Å². The van der Waals surface area contributed by atoms with Gasteiger partial charge in [0, 0.05) is 17.0 Å². The number of aromatic nitrogens is 1. The molecule has 1 aromatic heterocycles. The molecule has 2 aromatic rings. The lowest BCUT2D eigenvalue weighted by atomic mass is 10.1. The quantitative estimate of drug-likeness (QED) is 0.681. The maximum Gasteiger partial charge on any atom is 0.343 e. The zero-order valence-electron chi connectivity index (χ0n) is 13.6. The number of rotatable bonds is 5. The number of esters is 1. The van der Waals surface area contributed by atoms with Crippen LogP contribution in [-0.2, 0) is 11.3 Å². The first-order valence-corrected chi connectivity index (χ1v) is 7.49. The number of hydrogen-bond donors (Lipinski definition) is 1. The van der Waals surface area contributed by atoms with Crippen LogP contribution in [0.3, 0.4) is 0 Å². The van der Waals surface area contributed by atoms with Crippen LogP contribution in [0.5, 0.6) is 0 Å². The van der Waals surface area contributed by atoms with E-state index in [-0.39, 0.29) is 12.2 Å². The van der Waals surface area contributed by atoms with E-state index in [0.29, 0.717) is 12.2 Å². The first-order chi connectivity index (χ1) is 11.0. The second-order valence-electron chi connectivity index (χ2n) is 5.16. The number of pyridine rings is 1. The molecule has 1 aromatic carbocycles. The predicted octanol–water partition coefficient (Wildman–Crippen LogP) is 2.87. The van der Waals surface area contributed by atoms with E-state index >= 15 is 0 Å². The van der Waals surface area contributed by atoms with Crippen molar-refractivity contribution in [3.05, 3.63) is 69.1 Å². The molecule has 23 heavy (non-hydrogen) atoms. The lowest BCUT2D eigenvalue weighted by Crippen LogP contribution is -2.22. The highest BCUT2D eigenvalue weighted by molar-refractivity contribution is 6.01. The first kappa shape index (κ1) is 16.7. The summed E-state index contributed by atoms with van der Waals surface area (Å²) >= 11 is 0. The summed E-state index contributed by atoms with van der Waals surface area (Å²) in [7, 11) is 0. The predicted molar refractivity (Wildman–Crippen MR) is 90.1 cm³/mol. The number of H-pyrrole nitrogens is 1. The summed E-state index contributed by atoms with van der Waals surface area (Å²) in [5, 5.41) is 0. The number of carbonyl (C=O) groups is 1. The van der Waals surface area contributed by atoms with Crippen molar-refractivity contribution in [1.29, 1.82) is 0 Å². The number of aliphatic imine (C=N–C) groups is 1. The minimum Gasteiger partial charge on any atom is -0.462 e. The highest BCUT2D eigenvalue weighted by atomic mass is 16.5. The zero-order chi connectivity index (χ0) is 16.8. The van der Waals surface area contributed by atoms with Crippen LogP contribution >= 0.6 is 0 Å². The molecular formula is C18H20N2O3. The van der Waals surface area contributed by atoms with Crippen molar-refractivity contribution in [1.82, 2.24) is 4.98 Å². The number of nitrogens with one attached hydrogen (secondary N) is 1. The average Bonchev–Trinajstić information content (AvgIpc) is 2.54. The molecule has 0 radical (unpaired) electrons. The molecule has 1 heterocycles. The molecule has 0 amide bonds. The van der Waals surface area contributed by atoms with Crippen LogP contribution < -0.4 is 5.56 Å². The smallest absolute Gasteiger partial charge is 0.343 e. The van der Waals surface area contributed by atoms with E-state index in [2.05, 4.69) is 9.98 Å². The Bertz CT molecular complexity index is 777. The number of hydrogen-bond acceptors (Lipinski definition) is 4. The van der Waals surface area contributed by atoms with E-state index in [1.54, 1.807) is 19.9 Å². The first-order valence-electron chi connectivity index (χ1n) is 7.49. The van der Waals surface area contributed by atoms with Gasteiger partial charge in [-0.25, -0.2) is 4.79 Å². The third-order valence-electron chi connectivity index (χ3n) is 3.47. The molecule has 5 heteroatoms. The SMILES string of the molecule is CCOC(=O)c1cc(C(C)=NCc2ccccc2)c(C)[nH]c1=O. The Hall–Kier alpha value is -2.69. The second-order valence-corrected chi connectivity index (χ2v) is 5.16. The normalized spacial score (nSPS) is 11.3. The third kappa shape index (κ3) is 4.16. The van der Waals surface area contributed by atoms with Gasteiger partial charge in [0.2, 0.25) is 0 Å². The average molecular weight is 312 g/mol. The molecule has 5 nitrogen and oxygen atoms in total. The molecule has 0 aliphatic carbocycles. The fourth-order valence-electron chi connectivity index (χ4n) is 2.24. The lowest BCUT2D eigenvalue weighted by Gasteiger charge is -2.08. The molecule has 0 saturated carbocycles. The van der Waals surface area contributed by atoms with E-state index in [1.165, 1.54) is 0 Å². The Morgan fingerprint density at radius 1 is 1.22 bits per heavy atom. The van der Waals surface area contributed by atoms with E-state index in [0.717, 1.165) is 16.8 Å². The van der Waals surface area contributed by atoms with Gasteiger partial charge in [0.25, 0.3) is 5.56 Å². The summed E-state index contributed by atoms with van der Waals surface area (Å²) in [4.78, 5) is 31.0. The number of ether oxygens (including phenoxy) is 1. The van der Waals surface area contributed by atoms with Crippen LogP contribution in [0.25, 0.3) is 0 Å². The Labute approximate surface area is 135 Å². The Morgan fingerprint density at radius 2 is 1.91 bits per heavy atom. The summed E-state index contributed by atoms with van der Waals surface area (Å²) in [5.74, 6) is -0.620. The van der Waals surface area contributed by atoms with Gasteiger partial charge in [-0.05, 0) is 32.4 Å². The minimum absolute atomic E-state index is 0.00158. The highest BCUT2D eigenvalue weighted by Gasteiger charge is 2.15. The van der Waals surface area contributed by atoms with Gasteiger partial charge in [-0.2, -0.15) is 0 Å². The van der Waals surface area contributed by atoms with E-state index in [4.69, 9.17) is 4.74 Å². The maximum absolute atomic E-state index is 11.9. The van der Waals surface area contributed by atoms with Gasteiger partial charge in [0.05, 0.1) is 13.2 Å². The molecule has 0 aliphatic rings. The Balaban J connectivity index is 2.32. The molecule has 0 fully saturated rings. The van der Waals surface area contributed by atoms with E-state index < -0.39 is 11.5 Å². The van der Waals surface area contributed by atoms with Gasteiger partial charge in [0.1, 0.15) is 5.56 Å². The summed E-state index contributed by atoms with van der Waals surface area (Å²) in [6.45, 7) is 6.11. The molecule has 1 N–H and O–H groups in total. The van der Waals surface area contributed by atoms with Crippen molar-refractivity contribution >= 4 is 11.7 Å². The largest absolute Gasteiger partial charge is 0.462 e. The molecule has 0 aliphatic heterocycles. The van der Waals surface area contributed by atoms with Gasteiger partial charge in [-0.15, -0.1) is 0 Å². The third-order valence-corrected chi connectivity index (χ3v) is 3.47. The van der Waals surface area contributed by atoms with Crippen LogP contribution in [0.4, 0.5) is 0 Å². The summed E-state index contributed by atoms with van der Waals surface area (Å²) in [5.41, 5.74) is 2.83. The molecule has 120 valence electrons. The van der Waals surface area contributed by atoms with Crippen LogP contribution in [0.15, 0.2) is 46.2 Å². The molecule has 0 bridgehead atoms. The van der Waals surface area contributed by atoms with Crippen LogP contribution in [0.1, 0.15) is 41.0 Å². The standard InChI is InChI=1S/C18H20N2O3/c1-4-23-18(22)16-10-15(13(3)20-17(16)21)12(2)19-11-14-8-6-5-7-9-14/h5-10H,4,11H2,1-3H3,(H,20,21). The Morgan fingerprint density at radius 3 is 2.57 bits per heavy atom. The Kier molecular flexibility index (Phi) is 5.46. The number of carbonyl (C=O) groups excluding carboxylic acids is 1. The van der Waals surface area contributed by atoms with Crippen LogP contribution in [-0.4, -0.2) is 23.3 Å². The molecule has 0 saturated heterocycles. The monoisotopic (exact) mass is 312 g/mol. The highest BCUT2D eigenvalue weighted by Crippen LogP contribution is 2.10. The van der Waals surface area contributed by atoms with Gasteiger partial charge in [-0.3, -0.25) is 9.79 Å². The topological polar surface area (TPSA) is 71.5 Å². The summed E-state index contributed by atoms with van der Waals surface area (Å²) < 4.78 is 4.91. The van der Waals surface area contributed by atoms with E-state index in [9.17, 15) is 9.59 Å². The van der Waals surface area contributed by atoms with Gasteiger partial charge in [0.15, 0.2) is 0 Å². The van der Waals surface area contributed by atoms with E-state index in [1.807, 2.05) is 37.3 Å². The van der Waals surface area contributed by atoms with Crippen LogP contribution in [0, 0.1) is 6.92 Å². The van der Waals surface area contributed by atoms with Crippen molar-refractivity contribution in [2.75, 3.05) is 6.61 Å². The van der Waals surface area contributed by atoms with Crippen molar-refractivity contribution in [3.63, 3.8) is 0 Å². The van der Waals surface area contributed by atoms with Crippen molar-refractivity contribution in [2.24, 2.45) is 4.99 Å². The summed E-state index contributed by atoms with van der Waals surface area (Å²) in [6, 6.07) is 11.4. The summed E-state index contributed by atoms with van der Waals surface area (Å²) in [6.07, 6.45) is 0. The maximum atomic E-state index is 11.9. The molecule has 0 atom stereocenters. The molecule has 2 rings (SSSR count). The van der Waals surface area contributed by atoms with Crippen molar-refractivity contribution in [2.45, 2.75) is 27.3 Å². The number of aromatic amines is 1. The lowest BCUT2D eigenvalue weighted by molar-refractivity contribution is 0.0524. The number of benzene rings is 1. The van der Waals surface area contributed by atoms with Gasteiger partial charge < -0.3 is 9.72 Å². The van der Waals surface area contributed by atoms with Gasteiger partial charge in [-0.1, -0.05) is 30.3 Å². The second kappa shape index (κ2) is 7.54. The molecule has 0 unspecified atom stereocenters. The molecule has 0 spiro atoms.